The summed E-state index contributed by atoms with van der Waals surface area (Å²) in [5.74, 6) is -0.148. The van der Waals surface area contributed by atoms with Crippen molar-refractivity contribution in [2.45, 2.75) is 104 Å². The molecule has 262 valence electrons. The lowest BCUT2D eigenvalue weighted by molar-refractivity contribution is -0.145. The fourth-order valence-electron chi connectivity index (χ4n) is 7.27. The van der Waals surface area contributed by atoms with Crippen molar-refractivity contribution < 1.29 is 37.0 Å². The molecule has 1 aromatic heterocycles. The highest BCUT2D eigenvalue weighted by Crippen LogP contribution is 2.57. The van der Waals surface area contributed by atoms with E-state index >= 15 is 0 Å². The number of Topliss-reactive ketones (excluding diaryl/α,β-unsaturated/α-hetero) is 1. The van der Waals surface area contributed by atoms with E-state index in [-0.39, 0.29) is 42.3 Å². The van der Waals surface area contributed by atoms with Gasteiger partial charge in [0.1, 0.15) is 17.6 Å². The van der Waals surface area contributed by atoms with Gasteiger partial charge in [-0.1, -0.05) is 26.8 Å². The number of nitrogens with zero attached hydrogens (tertiary/aromatic N) is 2. The number of benzene rings is 1. The monoisotopic (exact) mass is 683 g/mol. The number of pyridine rings is 1. The van der Waals surface area contributed by atoms with Crippen LogP contribution >= 0.6 is 0 Å². The van der Waals surface area contributed by atoms with Crippen molar-refractivity contribution in [1.82, 2.24) is 14.6 Å². The topological polar surface area (TPSA) is 141 Å². The number of allylic oxidation sites excluding steroid dienone is 1. The molecule has 1 aromatic carbocycles. The van der Waals surface area contributed by atoms with E-state index < -0.39 is 44.8 Å². The molecule has 0 unspecified atom stereocenters. The molecule has 0 spiro atoms. The number of rotatable bonds is 15. The molecule has 48 heavy (non-hydrogen) atoms. The van der Waals surface area contributed by atoms with Crippen LogP contribution in [0.25, 0.3) is 10.9 Å². The molecule has 2 aromatic rings. The van der Waals surface area contributed by atoms with Crippen molar-refractivity contribution in [2.24, 2.45) is 23.2 Å². The number of likely N-dealkylation sites (tertiary alicyclic amines) is 1. The number of sulfonamides is 1. The quantitative estimate of drug-likeness (QED) is 0.253. The molecule has 1 saturated heterocycles. The van der Waals surface area contributed by atoms with Gasteiger partial charge in [-0.05, 0) is 70.4 Å². The molecular formula is C36H49N3O8S. The average Bonchev–Trinajstić information content (AvgIpc) is 3.96. The van der Waals surface area contributed by atoms with Crippen LogP contribution in [0.3, 0.4) is 0 Å². The maximum atomic E-state index is 14.3. The van der Waals surface area contributed by atoms with Crippen LogP contribution < -0.4 is 18.9 Å². The summed E-state index contributed by atoms with van der Waals surface area (Å²) in [7, 11) is -2.21. The Morgan fingerprint density at radius 1 is 1.19 bits per heavy atom. The number of nitrogens with one attached hydrogen (secondary N) is 1. The summed E-state index contributed by atoms with van der Waals surface area (Å²) in [5.41, 5.74) is 0.261. The number of fused-ring (bicyclic) bond motifs is 1. The maximum absolute atomic E-state index is 14.3. The molecule has 0 radical (unpaired) electrons. The van der Waals surface area contributed by atoms with E-state index in [2.05, 4.69) is 11.3 Å². The Bertz CT molecular complexity index is 1700. The van der Waals surface area contributed by atoms with Gasteiger partial charge >= 0.3 is 0 Å². The van der Waals surface area contributed by atoms with E-state index in [1.54, 1.807) is 24.2 Å². The Morgan fingerprint density at radius 2 is 1.90 bits per heavy atom. The standard InChI is InChI=1S/C36H49N3O8S/c1-9-23-18-36(23,35(42)38-48(43,44)24-12-13-24)19-28(40)27-16-30(22(7)39(27)34(41)25(10-2)20(4)5)47-31-17-32(46-11-3)37-33-21(6)29(45-8)15-14-26(31)33/h9,14-15,17,20,22-25,27,30H,1,10-13,16,18-19H2,2-8H3,(H,38,42)/t22-,23-,25-,27+,30-,36-/m1/s1. The molecule has 5 rings (SSSR count). The fraction of sp³-hybridized carbons (Fsp3) is 0.611. The molecule has 2 heterocycles. The minimum atomic E-state index is -3.80. The van der Waals surface area contributed by atoms with Crippen LogP contribution in [-0.4, -0.2) is 73.1 Å². The van der Waals surface area contributed by atoms with Gasteiger partial charge in [0.05, 0.1) is 42.0 Å². The lowest BCUT2D eigenvalue weighted by Gasteiger charge is -2.33. The first-order valence-electron chi connectivity index (χ1n) is 17.0. The molecule has 0 bridgehead atoms. The predicted octanol–water partition coefficient (Wildman–Crippen LogP) is 5.13. The van der Waals surface area contributed by atoms with Crippen LogP contribution in [0, 0.1) is 30.1 Å². The first kappa shape index (κ1) is 35.6. The van der Waals surface area contributed by atoms with E-state index in [1.165, 1.54) is 0 Å². The van der Waals surface area contributed by atoms with E-state index in [9.17, 15) is 22.8 Å². The predicted molar refractivity (Wildman–Crippen MR) is 182 cm³/mol. The summed E-state index contributed by atoms with van der Waals surface area (Å²) in [6, 6.07) is 4.11. The second-order valence-corrected chi connectivity index (χ2v) is 15.8. The lowest BCUT2D eigenvalue weighted by Crippen LogP contribution is -2.49. The number of aromatic nitrogens is 1. The second kappa shape index (κ2) is 13.7. The van der Waals surface area contributed by atoms with Crippen LogP contribution in [0.1, 0.15) is 78.7 Å². The van der Waals surface area contributed by atoms with E-state index in [1.807, 2.05) is 53.7 Å². The van der Waals surface area contributed by atoms with Gasteiger partial charge < -0.3 is 19.1 Å². The molecule has 3 fully saturated rings. The van der Waals surface area contributed by atoms with Crippen LogP contribution in [0.5, 0.6) is 17.4 Å². The van der Waals surface area contributed by atoms with Crippen molar-refractivity contribution in [3.8, 4) is 17.4 Å². The second-order valence-electron chi connectivity index (χ2n) is 13.9. The Hall–Kier alpha value is -3.67. The van der Waals surface area contributed by atoms with Gasteiger partial charge in [-0.3, -0.25) is 19.1 Å². The van der Waals surface area contributed by atoms with E-state index in [0.29, 0.717) is 55.2 Å². The van der Waals surface area contributed by atoms with Gasteiger partial charge in [0.15, 0.2) is 5.78 Å². The largest absolute Gasteiger partial charge is 0.496 e. The van der Waals surface area contributed by atoms with Crippen molar-refractivity contribution in [3.05, 3.63) is 36.4 Å². The molecule has 6 atom stereocenters. The zero-order valence-corrected chi connectivity index (χ0v) is 29.9. The first-order chi connectivity index (χ1) is 22.7. The van der Waals surface area contributed by atoms with Crippen LogP contribution in [-0.2, 0) is 24.4 Å². The van der Waals surface area contributed by atoms with Gasteiger partial charge in [-0.25, -0.2) is 13.4 Å². The Morgan fingerprint density at radius 3 is 2.46 bits per heavy atom. The number of ether oxygens (including phenoxy) is 3. The Labute approximate surface area is 283 Å². The van der Waals surface area contributed by atoms with Gasteiger partial charge in [-0.2, -0.15) is 0 Å². The number of amides is 2. The molecular weight excluding hydrogens is 634 g/mol. The molecule has 11 nitrogen and oxygen atoms in total. The van der Waals surface area contributed by atoms with Crippen LogP contribution in [0.4, 0.5) is 0 Å². The summed E-state index contributed by atoms with van der Waals surface area (Å²) in [6.45, 7) is 15.8. The fourth-order valence-corrected chi connectivity index (χ4v) is 8.66. The molecule has 2 aliphatic carbocycles. The number of carbonyl (C=O) groups is 3. The van der Waals surface area contributed by atoms with Crippen molar-refractivity contribution in [1.29, 1.82) is 0 Å². The van der Waals surface area contributed by atoms with Crippen molar-refractivity contribution in [2.75, 3.05) is 13.7 Å². The maximum Gasteiger partial charge on any atom is 0.240 e. The lowest BCUT2D eigenvalue weighted by atomic mass is 9.89. The van der Waals surface area contributed by atoms with Gasteiger partial charge in [0.2, 0.25) is 27.7 Å². The van der Waals surface area contributed by atoms with Gasteiger partial charge in [0.25, 0.3) is 0 Å². The summed E-state index contributed by atoms with van der Waals surface area (Å²) >= 11 is 0. The van der Waals surface area contributed by atoms with Crippen molar-refractivity contribution >= 4 is 38.5 Å². The molecule has 2 saturated carbocycles. The normalized spacial score (nSPS) is 25.9. The minimum Gasteiger partial charge on any atom is -0.496 e. The van der Waals surface area contributed by atoms with Crippen LogP contribution in [0.2, 0.25) is 0 Å². The molecule has 3 aliphatic rings. The summed E-state index contributed by atoms with van der Waals surface area (Å²) in [4.78, 5) is 48.4. The smallest absolute Gasteiger partial charge is 0.240 e. The Balaban J connectivity index is 1.48. The summed E-state index contributed by atoms with van der Waals surface area (Å²) in [5, 5.41) is 0.167. The highest BCUT2D eigenvalue weighted by molar-refractivity contribution is 7.90. The van der Waals surface area contributed by atoms with E-state index in [4.69, 9.17) is 19.2 Å². The Kier molecular flexibility index (Phi) is 10.2. The molecule has 1 aliphatic heterocycles. The van der Waals surface area contributed by atoms with Crippen molar-refractivity contribution in [3.63, 3.8) is 0 Å². The molecule has 2 amide bonds. The zero-order valence-electron chi connectivity index (χ0n) is 29.1. The highest BCUT2D eigenvalue weighted by Gasteiger charge is 2.62. The third-order valence-corrected chi connectivity index (χ3v) is 12.2. The summed E-state index contributed by atoms with van der Waals surface area (Å²) in [6.07, 6.45) is 2.99. The van der Waals surface area contributed by atoms with E-state index in [0.717, 1.165) is 10.9 Å². The molecule has 1 N–H and O–H groups in total. The number of ketones is 1. The van der Waals surface area contributed by atoms with Gasteiger partial charge in [-0.15, -0.1) is 6.58 Å². The number of carbonyl (C=O) groups excluding carboxylic acids is 3. The number of aryl methyl sites for hydroxylation is 1. The highest BCUT2D eigenvalue weighted by atomic mass is 32.2. The third kappa shape index (κ3) is 6.64. The average molecular weight is 684 g/mol. The summed E-state index contributed by atoms with van der Waals surface area (Å²) < 4.78 is 45.6. The SMILES string of the molecule is C=C[C@@H]1C[C@]1(CC(=O)[C@@H]1C[C@@H](Oc2cc(OCC)nc3c(C)c(OC)ccc23)[C@@H](C)N1C(=O)[C@H](CC)C(C)C)C(=O)NS(=O)(=O)C1CC1. The third-order valence-electron chi connectivity index (χ3n) is 10.4. The molecule has 12 heteroatoms. The van der Waals surface area contributed by atoms with Crippen LogP contribution in [0.15, 0.2) is 30.9 Å². The minimum absolute atomic E-state index is 0.0413. The number of hydrogen-bond acceptors (Lipinski definition) is 9. The number of methoxy groups -OCH3 is 1. The first-order valence-corrected chi connectivity index (χ1v) is 18.6. The number of hydrogen-bond donors (Lipinski definition) is 1. The van der Waals surface area contributed by atoms with Gasteiger partial charge in [0, 0.05) is 35.8 Å². The zero-order chi connectivity index (χ0) is 35.1.